The van der Waals surface area contributed by atoms with Crippen LogP contribution in [0.4, 0.5) is 0 Å². The summed E-state index contributed by atoms with van der Waals surface area (Å²) in [6.45, 7) is 0. The molecule has 156 valence electrons. The summed E-state index contributed by atoms with van der Waals surface area (Å²) in [5.41, 5.74) is 8.75. The highest BCUT2D eigenvalue weighted by molar-refractivity contribution is 6.11. The van der Waals surface area contributed by atoms with Crippen molar-refractivity contribution in [2.45, 2.75) is 11.5 Å². The van der Waals surface area contributed by atoms with Gasteiger partial charge in [0.05, 0.1) is 10.9 Å². The second-order valence-corrected chi connectivity index (χ2v) is 9.31. The minimum Gasteiger partial charge on any atom is -0.485 e. The number of rotatable bonds is 0. The summed E-state index contributed by atoms with van der Waals surface area (Å²) in [7, 11) is 0. The van der Waals surface area contributed by atoms with Crippen molar-refractivity contribution in [1.29, 1.82) is 0 Å². The fourth-order valence-electron chi connectivity index (χ4n) is 6.69. The Balaban J connectivity index is 1.62. The molecule has 0 saturated carbocycles. The summed E-state index contributed by atoms with van der Waals surface area (Å²) in [6, 6.07) is 30.9. The van der Waals surface area contributed by atoms with E-state index in [1.165, 1.54) is 49.6 Å². The Morgan fingerprint density at radius 2 is 1.45 bits per heavy atom. The van der Waals surface area contributed by atoms with Gasteiger partial charge in [0.15, 0.2) is 0 Å². The second kappa shape index (κ2) is 6.05. The lowest BCUT2D eigenvalue weighted by molar-refractivity contribution is 0.142. The Morgan fingerprint density at radius 1 is 0.667 bits per heavy atom. The number of allylic oxidation sites excluding steroid dienone is 2. The van der Waals surface area contributed by atoms with Gasteiger partial charge in [-0.05, 0) is 40.5 Å². The highest BCUT2D eigenvalue weighted by Gasteiger charge is 2.56. The predicted octanol–water partition coefficient (Wildman–Crippen LogP) is 7.14. The molecule has 3 unspecified atom stereocenters. The third-order valence-electron chi connectivity index (χ3n) is 7.88. The number of hydrogen-bond donors (Lipinski definition) is 1. The number of aromatic nitrogens is 1. The van der Waals surface area contributed by atoms with Gasteiger partial charge in [0.1, 0.15) is 11.9 Å². The number of para-hydroxylation sites is 2. The molecule has 1 spiro atoms. The van der Waals surface area contributed by atoms with Crippen molar-refractivity contribution in [3.63, 3.8) is 0 Å². The SMILES string of the molecule is C1=CC2Oc3ccccc3C3(c4ccccc4-c4ccc5c([nH]c6ccccc65)c43)C2C=C1. The van der Waals surface area contributed by atoms with E-state index in [0.29, 0.717) is 0 Å². The van der Waals surface area contributed by atoms with E-state index in [0.717, 1.165) is 5.75 Å². The van der Waals surface area contributed by atoms with Gasteiger partial charge in [-0.15, -0.1) is 0 Å². The molecule has 0 fully saturated rings. The molecule has 0 saturated heterocycles. The molecule has 2 nitrogen and oxygen atoms in total. The molecule has 2 heterocycles. The summed E-state index contributed by atoms with van der Waals surface area (Å²) < 4.78 is 6.58. The quantitative estimate of drug-likeness (QED) is 0.281. The second-order valence-electron chi connectivity index (χ2n) is 9.31. The average Bonchev–Trinajstić information content (AvgIpc) is 3.39. The smallest absolute Gasteiger partial charge is 0.125 e. The van der Waals surface area contributed by atoms with Gasteiger partial charge >= 0.3 is 0 Å². The molecule has 8 rings (SSSR count). The number of aromatic amines is 1. The molecule has 0 radical (unpaired) electrons. The maximum absolute atomic E-state index is 6.58. The zero-order valence-electron chi connectivity index (χ0n) is 18.0. The van der Waals surface area contributed by atoms with Gasteiger partial charge in [-0.3, -0.25) is 0 Å². The Bertz CT molecular complexity index is 1670. The lowest BCUT2D eigenvalue weighted by Crippen LogP contribution is -2.47. The highest BCUT2D eigenvalue weighted by Crippen LogP contribution is 2.63. The van der Waals surface area contributed by atoms with E-state index in [1.54, 1.807) is 0 Å². The van der Waals surface area contributed by atoms with Crippen LogP contribution in [0.15, 0.2) is 109 Å². The number of nitrogens with one attached hydrogen (secondary N) is 1. The van der Waals surface area contributed by atoms with Crippen molar-refractivity contribution in [3.8, 4) is 16.9 Å². The monoisotopic (exact) mass is 423 g/mol. The van der Waals surface area contributed by atoms with E-state index >= 15 is 0 Å². The Kier molecular flexibility index (Phi) is 3.21. The summed E-state index contributed by atoms with van der Waals surface area (Å²) in [4.78, 5) is 3.83. The van der Waals surface area contributed by atoms with Crippen molar-refractivity contribution in [1.82, 2.24) is 4.98 Å². The van der Waals surface area contributed by atoms with Gasteiger partial charge in [0, 0.05) is 27.8 Å². The first-order chi connectivity index (χ1) is 16.4. The maximum Gasteiger partial charge on any atom is 0.125 e. The van der Waals surface area contributed by atoms with Crippen molar-refractivity contribution >= 4 is 21.8 Å². The minimum atomic E-state index is -0.326. The summed E-state index contributed by atoms with van der Waals surface area (Å²) in [5.74, 6) is 1.14. The molecular formula is C31H21NO. The van der Waals surface area contributed by atoms with Gasteiger partial charge in [0.25, 0.3) is 0 Å². The van der Waals surface area contributed by atoms with Gasteiger partial charge in [-0.2, -0.15) is 0 Å². The topological polar surface area (TPSA) is 25.0 Å². The number of ether oxygens (including phenoxy) is 1. The van der Waals surface area contributed by atoms with Crippen LogP contribution in [0.3, 0.4) is 0 Å². The van der Waals surface area contributed by atoms with E-state index in [2.05, 4.69) is 114 Å². The maximum atomic E-state index is 6.58. The van der Waals surface area contributed by atoms with Crippen molar-refractivity contribution in [2.24, 2.45) is 5.92 Å². The van der Waals surface area contributed by atoms with Crippen molar-refractivity contribution in [3.05, 3.63) is 126 Å². The molecule has 0 bridgehead atoms. The molecule has 3 aliphatic rings. The molecule has 2 aliphatic carbocycles. The van der Waals surface area contributed by atoms with Crippen LogP contribution in [0.2, 0.25) is 0 Å². The van der Waals surface area contributed by atoms with Crippen LogP contribution >= 0.6 is 0 Å². The van der Waals surface area contributed by atoms with Crippen LogP contribution in [0.1, 0.15) is 16.7 Å². The van der Waals surface area contributed by atoms with E-state index in [9.17, 15) is 0 Å². The number of benzene rings is 4. The molecule has 1 N–H and O–H groups in total. The molecule has 4 aromatic carbocycles. The Labute approximate surface area is 191 Å². The first-order valence-electron chi connectivity index (χ1n) is 11.6. The molecule has 2 heteroatoms. The fraction of sp³-hybridized carbons (Fsp3) is 0.0968. The van der Waals surface area contributed by atoms with Crippen LogP contribution in [0.25, 0.3) is 32.9 Å². The van der Waals surface area contributed by atoms with E-state index in [1.807, 2.05) is 0 Å². The molecule has 1 aliphatic heterocycles. The van der Waals surface area contributed by atoms with Crippen molar-refractivity contribution in [2.75, 3.05) is 0 Å². The molecule has 33 heavy (non-hydrogen) atoms. The van der Waals surface area contributed by atoms with Crippen LogP contribution in [-0.2, 0) is 5.41 Å². The summed E-state index contributed by atoms with van der Waals surface area (Å²) in [5, 5.41) is 2.56. The number of H-pyrrole nitrogens is 1. The molecular weight excluding hydrogens is 402 g/mol. The first kappa shape index (κ1) is 17.5. The normalized spacial score (nSPS) is 23.9. The molecule has 5 aromatic rings. The van der Waals surface area contributed by atoms with Crippen LogP contribution < -0.4 is 4.74 Å². The minimum absolute atomic E-state index is 0.0106. The van der Waals surface area contributed by atoms with E-state index in [4.69, 9.17) is 4.74 Å². The first-order valence-corrected chi connectivity index (χ1v) is 11.6. The van der Waals surface area contributed by atoms with E-state index < -0.39 is 0 Å². The Morgan fingerprint density at radius 3 is 2.42 bits per heavy atom. The Hall–Kier alpha value is -4.04. The van der Waals surface area contributed by atoms with Gasteiger partial charge < -0.3 is 9.72 Å². The third kappa shape index (κ3) is 2.00. The van der Waals surface area contributed by atoms with Crippen LogP contribution in [0, 0.1) is 5.92 Å². The molecule has 3 atom stereocenters. The lowest BCUT2D eigenvalue weighted by atomic mass is 9.60. The number of hydrogen-bond acceptors (Lipinski definition) is 1. The molecule has 1 aromatic heterocycles. The summed E-state index contributed by atoms with van der Waals surface area (Å²) >= 11 is 0. The van der Waals surface area contributed by atoms with Crippen molar-refractivity contribution < 1.29 is 4.74 Å². The summed E-state index contributed by atoms with van der Waals surface area (Å²) in [6.07, 6.45) is 8.87. The fourth-order valence-corrected chi connectivity index (χ4v) is 6.69. The number of fused-ring (bicyclic) bond motifs is 13. The highest BCUT2D eigenvalue weighted by atomic mass is 16.5. The molecule has 0 amide bonds. The largest absolute Gasteiger partial charge is 0.485 e. The predicted molar refractivity (Wildman–Crippen MR) is 134 cm³/mol. The average molecular weight is 424 g/mol. The lowest BCUT2D eigenvalue weighted by Gasteiger charge is -2.47. The van der Waals surface area contributed by atoms with E-state index in [-0.39, 0.29) is 17.4 Å². The van der Waals surface area contributed by atoms with Gasteiger partial charge in [0.2, 0.25) is 0 Å². The standard InChI is InChI=1S/C31H21NO/c1-3-11-23-19(9-1)21-17-18-22-20-10-2-6-14-26(20)32-30(22)29(21)31(23)24-12-4-7-15-27(24)33-28-16-8-5-13-25(28)31/h1-18,24,27,32H. The van der Waals surface area contributed by atoms with Gasteiger partial charge in [-0.1, -0.05) is 91.0 Å². The van der Waals surface area contributed by atoms with Gasteiger partial charge in [-0.25, -0.2) is 0 Å². The zero-order valence-corrected chi connectivity index (χ0v) is 18.0. The third-order valence-corrected chi connectivity index (χ3v) is 7.88. The van der Waals surface area contributed by atoms with Crippen LogP contribution in [-0.4, -0.2) is 11.1 Å². The zero-order chi connectivity index (χ0) is 21.6. The van der Waals surface area contributed by atoms with Crippen LogP contribution in [0.5, 0.6) is 5.75 Å².